The standard InChI is InChI=1S/C14H19F2NO/c1-14(15,16)12-7-3-6-11(13(12)18-2)10-5-4-8-17-9-10/h3,6-7,10,17H,4-5,8-9H2,1-2H3. The van der Waals surface area contributed by atoms with Gasteiger partial charge in [0.05, 0.1) is 12.7 Å². The second kappa shape index (κ2) is 5.22. The largest absolute Gasteiger partial charge is 0.496 e. The van der Waals surface area contributed by atoms with Gasteiger partial charge in [0.1, 0.15) is 5.75 Å². The van der Waals surface area contributed by atoms with E-state index in [1.165, 1.54) is 13.2 Å². The van der Waals surface area contributed by atoms with Crippen molar-refractivity contribution in [2.24, 2.45) is 0 Å². The highest BCUT2D eigenvalue weighted by molar-refractivity contribution is 5.46. The average Bonchev–Trinajstić information content (AvgIpc) is 2.37. The van der Waals surface area contributed by atoms with E-state index in [4.69, 9.17) is 4.74 Å². The molecule has 100 valence electrons. The average molecular weight is 255 g/mol. The van der Waals surface area contributed by atoms with Gasteiger partial charge in [0.25, 0.3) is 5.92 Å². The van der Waals surface area contributed by atoms with E-state index in [1.807, 2.05) is 6.07 Å². The fourth-order valence-corrected chi connectivity index (χ4v) is 2.57. The lowest BCUT2D eigenvalue weighted by atomic mass is 9.89. The molecule has 0 saturated carbocycles. The number of alkyl halides is 2. The van der Waals surface area contributed by atoms with Gasteiger partial charge in [-0.3, -0.25) is 0 Å². The van der Waals surface area contributed by atoms with Crippen LogP contribution in [0.15, 0.2) is 18.2 Å². The molecule has 1 aromatic rings. The van der Waals surface area contributed by atoms with E-state index in [2.05, 4.69) is 5.32 Å². The van der Waals surface area contributed by atoms with Gasteiger partial charge in [-0.2, -0.15) is 0 Å². The van der Waals surface area contributed by atoms with Gasteiger partial charge in [0.2, 0.25) is 0 Å². The van der Waals surface area contributed by atoms with Gasteiger partial charge in [0.15, 0.2) is 0 Å². The predicted octanol–water partition coefficient (Wildman–Crippen LogP) is 3.27. The van der Waals surface area contributed by atoms with Crippen LogP contribution in [0.5, 0.6) is 5.75 Å². The van der Waals surface area contributed by atoms with Gasteiger partial charge in [-0.05, 0) is 31.0 Å². The van der Waals surface area contributed by atoms with Crippen molar-refractivity contribution in [1.29, 1.82) is 0 Å². The SMILES string of the molecule is COc1c(C2CCCNC2)cccc1C(C)(F)F. The topological polar surface area (TPSA) is 21.3 Å². The summed E-state index contributed by atoms with van der Waals surface area (Å²) in [7, 11) is 1.46. The number of methoxy groups -OCH3 is 1. The Labute approximate surface area is 106 Å². The van der Waals surface area contributed by atoms with Crippen LogP contribution in [0.2, 0.25) is 0 Å². The van der Waals surface area contributed by atoms with E-state index >= 15 is 0 Å². The summed E-state index contributed by atoms with van der Waals surface area (Å²) in [4.78, 5) is 0. The predicted molar refractivity (Wildman–Crippen MR) is 67.4 cm³/mol. The Bertz CT molecular complexity index is 409. The van der Waals surface area contributed by atoms with Gasteiger partial charge in [-0.1, -0.05) is 12.1 Å². The molecule has 1 atom stereocenters. The molecule has 0 radical (unpaired) electrons. The van der Waals surface area contributed by atoms with Crippen LogP contribution in [0.3, 0.4) is 0 Å². The number of nitrogens with one attached hydrogen (secondary N) is 1. The molecular weight excluding hydrogens is 236 g/mol. The Morgan fingerprint density at radius 1 is 1.39 bits per heavy atom. The highest BCUT2D eigenvalue weighted by Crippen LogP contribution is 2.40. The third kappa shape index (κ3) is 2.64. The van der Waals surface area contributed by atoms with Gasteiger partial charge in [-0.15, -0.1) is 0 Å². The van der Waals surface area contributed by atoms with Crippen LogP contribution in [-0.2, 0) is 5.92 Å². The Balaban J connectivity index is 2.40. The molecule has 0 aromatic heterocycles. The molecule has 1 unspecified atom stereocenters. The summed E-state index contributed by atoms with van der Waals surface area (Å²) in [6, 6.07) is 5.03. The van der Waals surface area contributed by atoms with Crippen molar-refractivity contribution in [3.8, 4) is 5.75 Å². The second-order valence-corrected chi connectivity index (χ2v) is 4.86. The van der Waals surface area contributed by atoms with E-state index in [-0.39, 0.29) is 11.5 Å². The van der Waals surface area contributed by atoms with Gasteiger partial charge in [0, 0.05) is 19.4 Å². The number of rotatable bonds is 3. The number of ether oxygens (including phenoxy) is 1. The summed E-state index contributed by atoms with van der Waals surface area (Å²) in [5.41, 5.74) is 0.872. The Kier molecular flexibility index (Phi) is 3.85. The first-order chi connectivity index (χ1) is 8.54. The van der Waals surface area contributed by atoms with Crippen molar-refractivity contribution >= 4 is 0 Å². The summed E-state index contributed by atoms with van der Waals surface area (Å²) in [5, 5.41) is 3.30. The van der Waals surface area contributed by atoms with E-state index in [0.29, 0.717) is 5.75 Å². The monoisotopic (exact) mass is 255 g/mol. The molecule has 1 aliphatic heterocycles. The molecule has 2 rings (SSSR count). The van der Waals surface area contributed by atoms with E-state index < -0.39 is 5.92 Å². The lowest BCUT2D eigenvalue weighted by molar-refractivity contribution is 0.0149. The summed E-state index contributed by atoms with van der Waals surface area (Å²) in [6.45, 7) is 2.74. The summed E-state index contributed by atoms with van der Waals surface area (Å²) >= 11 is 0. The lowest BCUT2D eigenvalue weighted by Crippen LogP contribution is -2.28. The van der Waals surface area contributed by atoms with Gasteiger partial charge < -0.3 is 10.1 Å². The van der Waals surface area contributed by atoms with Crippen LogP contribution in [-0.4, -0.2) is 20.2 Å². The van der Waals surface area contributed by atoms with Crippen molar-refractivity contribution in [1.82, 2.24) is 5.32 Å². The van der Waals surface area contributed by atoms with Crippen LogP contribution in [0, 0.1) is 0 Å². The molecule has 4 heteroatoms. The molecule has 0 spiro atoms. The van der Waals surface area contributed by atoms with Crippen molar-refractivity contribution in [2.75, 3.05) is 20.2 Å². The minimum absolute atomic E-state index is 0.0203. The molecule has 1 fully saturated rings. The molecule has 1 N–H and O–H groups in total. The maximum absolute atomic E-state index is 13.6. The van der Waals surface area contributed by atoms with Gasteiger partial charge >= 0.3 is 0 Å². The van der Waals surface area contributed by atoms with Crippen molar-refractivity contribution in [3.05, 3.63) is 29.3 Å². The first-order valence-electron chi connectivity index (χ1n) is 6.30. The molecule has 1 heterocycles. The zero-order valence-corrected chi connectivity index (χ0v) is 10.8. The number of hydrogen-bond acceptors (Lipinski definition) is 2. The molecule has 2 nitrogen and oxygen atoms in total. The van der Waals surface area contributed by atoms with Crippen LogP contribution in [0.25, 0.3) is 0 Å². The number of piperidine rings is 1. The summed E-state index contributed by atoms with van der Waals surface area (Å²) < 4.78 is 32.4. The molecule has 1 saturated heterocycles. The van der Waals surface area contributed by atoms with Crippen molar-refractivity contribution in [3.63, 3.8) is 0 Å². The minimum atomic E-state index is -2.87. The number of halogens is 2. The Morgan fingerprint density at radius 3 is 2.72 bits per heavy atom. The van der Waals surface area contributed by atoms with E-state index in [1.54, 1.807) is 6.07 Å². The third-order valence-electron chi connectivity index (χ3n) is 3.46. The molecule has 0 aliphatic carbocycles. The normalized spacial score (nSPS) is 20.8. The van der Waals surface area contributed by atoms with E-state index in [0.717, 1.165) is 38.4 Å². The highest BCUT2D eigenvalue weighted by atomic mass is 19.3. The molecule has 0 bridgehead atoms. The smallest absolute Gasteiger partial charge is 0.274 e. The van der Waals surface area contributed by atoms with Crippen LogP contribution in [0.1, 0.15) is 36.8 Å². The Hall–Kier alpha value is -1.16. The lowest BCUT2D eigenvalue weighted by Gasteiger charge is -2.26. The molecule has 0 amide bonds. The summed E-state index contributed by atoms with van der Waals surface area (Å²) in [5.74, 6) is -2.27. The van der Waals surface area contributed by atoms with Crippen molar-refractivity contribution in [2.45, 2.75) is 31.6 Å². The van der Waals surface area contributed by atoms with Crippen LogP contribution in [0.4, 0.5) is 8.78 Å². The highest BCUT2D eigenvalue weighted by Gasteiger charge is 2.31. The molecule has 18 heavy (non-hydrogen) atoms. The van der Waals surface area contributed by atoms with Crippen LogP contribution < -0.4 is 10.1 Å². The maximum atomic E-state index is 13.6. The molecule has 1 aromatic carbocycles. The Morgan fingerprint density at radius 2 is 2.17 bits per heavy atom. The fourth-order valence-electron chi connectivity index (χ4n) is 2.57. The first-order valence-corrected chi connectivity index (χ1v) is 6.30. The first kappa shape index (κ1) is 13.3. The van der Waals surface area contributed by atoms with E-state index in [9.17, 15) is 8.78 Å². The fraction of sp³-hybridized carbons (Fsp3) is 0.571. The summed E-state index contributed by atoms with van der Waals surface area (Å²) in [6.07, 6.45) is 2.09. The zero-order valence-electron chi connectivity index (χ0n) is 10.8. The number of hydrogen-bond donors (Lipinski definition) is 1. The molecule has 1 aliphatic rings. The van der Waals surface area contributed by atoms with Gasteiger partial charge in [-0.25, -0.2) is 8.78 Å². The maximum Gasteiger partial charge on any atom is 0.274 e. The quantitative estimate of drug-likeness (QED) is 0.895. The number of para-hydroxylation sites is 1. The second-order valence-electron chi connectivity index (χ2n) is 4.86. The van der Waals surface area contributed by atoms with Crippen molar-refractivity contribution < 1.29 is 13.5 Å². The number of benzene rings is 1. The zero-order chi connectivity index (χ0) is 13.2. The minimum Gasteiger partial charge on any atom is -0.496 e. The third-order valence-corrected chi connectivity index (χ3v) is 3.46. The van der Waals surface area contributed by atoms with Crippen LogP contribution >= 0.6 is 0 Å². The molecular formula is C14H19F2NO.